The molecule has 0 bridgehead atoms. The van der Waals surface area contributed by atoms with Gasteiger partial charge in [0.15, 0.2) is 0 Å². The minimum Gasteiger partial charge on any atom is -0.378 e. The molecule has 8 heteroatoms. The van der Waals surface area contributed by atoms with Gasteiger partial charge in [-0.05, 0) is 31.0 Å². The average Bonchev–Trinajstić information content (AvgIpc) is 2.74. The third-order valence-corrected chi connectivity index (χ3v) is 4.90. The largest absolute Gasteiger partial charge is 0.378 e. The molecule has 2 aromatic heterocycles. The second kappa shape index (κ2) is 8.40. The molecule has 0 amide bonds. The molecule has 0 spiro atoms. The van der Waals surface area contributed by atoms with E-state index in [0.717, 1.165) is 36.5 Å². The zero-order valence-corrected chi connectivity index (χ0v) is 16.6. The van der Waals surface area contributed by atoms with Gasteiger partial charge in [0, 0.05) is 36.6 Å². The summed E-state index contributed by atoms with van der Waals surface area (Å²) in [4.78, 5) is 30.7. The van der Waals surface area contributed by atoms with Crippen molar-refractivity contribution in [1.29, 1.82) is 0 Å². The molecule has 0 radical (unpaired) electrons. The Balaban J connectivity index is 1.60. The van der Waals surface area contributed by atoms with Crippen LogP contribution in [0.2, 0.25) is 0 Å². The Hall–Kier alpha value is -3.26. The minimum absolute atomic E-state index is 0.237. The zero-order valence-electron chi connectivity index (χ0n) is 16.6. The van der Waals surface area contributed by atoms with E-state index in [0.29, 0.717) is 30.8 Å². The molecule has 0 aliphatic carbocycles. The van der Waals surface area contributed by atoms with Crippen LogP contribution in [-0.4, -0.2) is 46.2 Å². The monoisotopic (exact) mass is 392 g/mol. The van der Waals surface area contributed by atoms with Gasteiger partial charge in [-0.3, -0.25) is 9.78 Å². The van der Waals surface area contributed by atoms with Gasteiger partial charge in [0.1, 0.15) is 0 Å². The number of aromatic nitrogens is 4. The van der Waals surface area contributed by atoms with Gasteiger partial charge in [0.05, 0.1) is 24.6 Å². The van der Waals surface area contributed by atoms with Crippen molar-refractivity contribution in [3.05, 3.63) is 58.1 Å². The molecular formula is C21H24N6O2. The number of benzene rings is 1. The number of aromatic amines is 1. The molecule has 8 nitrogen and oxygen atoms in total. The molecule has 150 valence electrons. The van der Waals surface area contributed by atoms with Crippen LogP contribution in [0.3, 0.4) is 0 Å². The van der Waals surface area contributed by atoms with Gasteiger partial charge >= 0.3 is 0 Å². The first-order chi connectivity index (χ1) is 14.1. The van der Waals surface area contributed by atoms with E-state index in [1.165, 1.54) is 11.6 Å². The van der Waals surface area contributed by atoms with Gasteiger partial charge in [-0.1, -0.05) is 19.1 Å². The number of hydrogen-bond acceptors (Lipinski definition) is 7. The maximum atomic E-state index is 12.2. The molecule has 1 saturated heterocycles. The summed E-state index contributed by atoms with van der Waals surface area (Å²) in [5, 5.41) is 3.16. The summed E-state index contributed by atoms with van der Waals surface area (Å²) < 4.78 is 5.38. The Morgan fingerprint density at radius 1 is 1.17 bits per heavy atom. The van der Waals surface area contributed by atoms with Crippen molar-refractivity contribution in [2.24, 2.45) is 0 Å². The summed E-state index contributed by atoms with van der Waals surface area (Å²) in [5.41, 5.74) is 3.92. The smallest absolute Gasteiger partial charge is 0.252 e. The fraction of sp³-hybridized carbons (Fsp3) is 0.333. The first kappa shape index (κ1) is 19.1. The van der Waals surface area contributed by atoms with Crippen LogP contribution in [0, 0.1) is 6.92 Å². The number of nitrogens with one attached hydrogen (secondary N) is 2. The highest BCUT2D eigenvalue weighted by molar-refractivity contribution is 5.64. The quantitative estimate of drug-likeness (QED) is 0.689. The van der Waals surface area contributed by atoms with Gasteiger partial charge in [0.2, 0.25) is 11.9 Å². The summed E-state index contributed by atoms with van der Waals surface area (Å²) in [5.74, 6) is 1.06. The lowest BCUT2D eigenvalue weighted by Gasteiger charge is -2.27. The number of hydrogen-bond donors (Lipinski definition) is 2. The molecule has 0 saturated carbocycles. The third kappa shape index (κ3) is 4.43. The van der Waals surface area contributed by atoms with Crippen molar-refractivity contribution in [3.63, 3.8) is 0 Å². The lowest BCUT2D eigenvalue weighted by molar-refractivity contribution is 0.122. The van der Waals surface area contributed by atoms with E-state index in [1.54, 1.807) is 6.20 Å². The van der Waals surface area contributed by atoms with Crippen LogP contribution in [0.4, 0.5) is 17.6 Å². The summed E-state index contributed by atoms with van der Waals surface area (Å²) in [7, 11) is 0. The molecule has 3 heterocycles. The summed E-state index contributed by atoms with van der Waals surface area (Å²) in [6.07, 6.45) is 2.71. The Bertz CT molecular complexity index is 1040. The predicted octanol–water partition coefficient (Wildman–Crippen LogP) is 2.68. The van der Waals surface area contributed by atoms with Crippen LogP contribution in [0.25, 0.3) is 11.3 Å². The first-order valence-corrected chi connectivity index (χ1v) is 9.76. The van der Waals surface area contributed by atoms with Crippen molar-refractivity contribution < 1.29 is 4.74 Å². The maximum Gasteiger partial charge on any atom is 0.252 e. The molecule has 3 aromatic rings. The van der Waals surface area contributed by atoms with Crippen LogP contribution in [-0.2, 0) is 11.2 Å². The molecule has 0 atom stereocenters. The van der Waals surface area contributed by atoms with Crippen molar-refractivity contribution in [1.82, 2.24) is 19.9 Å². The number of anilines is 3. The fourth-order valence-corrected chi connectivity index (χ4v) is 3.24. The van der Waals surface area contributed by atoms with Crippen LogP contribution in [0.5, 0.6) is 0 Å². The Labute approximate surface area is 169 Å². The van der Waals surface area contributed by atoms with Gasteiger partial charge in [-0.15, -0.1) is 0 Å². The maximum absolute atomic E-state index is 12.2. The van der Waals surface area contributed by atoms with Crippen LogP contribution < -0.4 is 15.8 Å². The Morgan fingerprint density at radius 3 is 2.62 bits per heavy atom. The van der Waals surface area contributed by atoms with Gasteiger partial charge < -0.3 is 15.0 Å². The molecule has 1 aromatic carbocycles. The summed E-state index contributed by atoms with van der Waals surface area (Å²) in [6, 6.07) is 9.50. The van der Waals surface area contributed by atoms with Crippen molar-refractivity contribution >= 4 is 17.6 Å². The predicted molar refractivity (Wildman–Crippen MR) is 113 cm³/mol. The second-order valence-corrected chi connectivity index (χ2v) is 6.92. The molecular weight excluding hydrogens is 368 g/mol. The van der Waals surface area contributed by atoms with Crippen molar-refractivity contribution in [3.8, 4) is 11.3 Å². The number of morpholine rings is 1. The normalized spacial score (nSPS) is 14.1. The van der Waals surface area contributed by atoms with Gasteiger partial charge in [0.25, 0.3) is 5.56 Å². The van der Waals surface area contributed by atoms with Crippen LogP contribution >= 0.6 is 0 Å². The average molecular weight is 392 g/mol. The van der Waals surface area contributed by atoms with Crippen LogP contribution in [0.15, 0.2) is 41.3 Å². The number of aryl methyl sites for hydroxylation is 2. The van der Waals surface area contributed by atoms with E-state index in [-0.39, 0.29) is 5.56 Å². The topological polar surface area (TPSA) is 96.0 Å². The molecule has 29 heavy (non-hydrogen) atoms. The molecule has 4 rings (SSSR count). The van der Waals surface area contributed by atoms with E-state index in [9.17, 15) is 4.79 Å². The Kier molecular flexibility index (Phi) is 5.53. The van der Waals surface area contributed by atoms with E-state index >= 15 is 0 Å². The highest BCUT2D eigenvalue weighted by Gasteiger charge is 2.16. The van der Waals surface area contributed by atoms with Crippen molar-refractivity contribution in [2.75, 3.05) is 36.5 Å². The standard InChI is InChI=1S/C21H24N6O2/c1-3-15-4-6-16(7-5-15)24-20-25-18(12-19(28)26-20)17-13-22-21(23-14(17)2)27-8-10-29-11-9-27/h4-7,12-13H,3,8-11H2,1-2H3,(H2,24,25,26,28). The molecule has 0 unspecified atom stereocenters. The lowest BCUT2D eigenvalue weighted by atomic mass is 10.1. The van der Waals surface area contributed by atoms with E-state index in [1.807, 2.05) is 31.2 Å². The fourth-order valence-electron chi connectivity index (χ4n) is 3.24. The number of rotatable bonds is 5. The summed E-state index contributed by atoms with van der Waals surface area (Å²) in [6.45, 7) is 6.90. The summed E-state index contributed by atoms with van der Waals surface area (Å²) >= 11 is 0. The zero-order chi connectivity index (χ0) is 20.2. The minimum atomic E-state index is -0.237. The molecule has 1 fully saturated rings. The number of H-pyrrole nitrogens is 1. The molecule has 1 aliphatic rings. The van der Waals surface area contributed by atoms with Crippen molar-refractivity contribution in [2.45, 2.75) is 20.3 Å². The molecule has 2 N–H and O–H groups in total. The molecule has 1 aliphatic heterocycles. The highest BCUT2D eigenvalue weighted by atomic mass is 16.5. The Morgan fingerprint density at radius 2 is 1.93 bits per heavy atom. The van der Waals surface area contributed by atoms with Gasteiger partial charge in [-0.2, -0.15) is 0 Å². The number of ether oxygens (including phenoxy) is 1. The SMILES string of the molecule is CCc1ccc(Nc2nc(-c3cnc(N4CCOCC4)nc3C)cc(=O)[nH]2)cc1. The highest BCUT2D eigenvalue weighted by Crippen LogP contribution is 2.22. The van der Waals surface area contributed by atoms with Gasteiger partial charge in [-0.25, -0.2) is 15.0 Å². The van der Waals surface area contributed by atoms with Crippen LogP contribution in [0.1, 0.15) is 18.2 Å². The first-order valence-electron chi connectivity index (χ1n) is 9.76. The number of nitrogens with zero attached hydrogens (tertiary/aromatic N) is 4. The van der Waals surface area contributed by atoms with E-state index in [2.05, 4.69) is 37.1 Å². The van der Waals surface area contributed by atoms with E-state index in [4.69, 9.17) is 4.74 Å². The third-order valence-electron chi connectivity index (χ3n) is 4.90. The lowest BCUT2D eigenvalue weighted by Crippen LogP contribution is -2.37. The van der Waals surface area contributed by atoms with E-state index < -0.39 is 0 Å². The second-order valence-electron chi connectivity index (χ2n) is 6.92.